The first-order chi connectivity index (χ1) is 22.2. The maximum Gasteiger partial charge on any atom is 0.244 e. The molecule has 0 aromatic heterocycles. The number of rotatable bonds is 13. The molecule has 4 aromatic carbocycles. The van der Waals surface area contributed by atoms with Gasteiger partial charge in [-0.3, -0.25) is 13.9 Å². The highest BCUT2D eigenvalue weighted by Gasteiger charge is 2.34. The second kappa shape index (κ2) is 15.4. The van der Waals surface area contributed by atoms with Gasteiger partial charge in [0.1, 0.15) is 24.1 Å². The first kappa shape index (κ1) is 33.2. The molecule has 1 fully saturated rings. The molecule has 1 aliphatic carbocycles. The Hall–Kier alpha value is -4.15. The second-order valence-electron chi connectivity index (χ2n) is 11.5. The van der Waals surface area contributed by atoms with Gasteiger partial charge in [0.15, 0.2) is 0 Å². The van der Waals surface area contributed by atoms with Crippen molar-refractivity contribution in [3.05, 3.63) is 125 Å². The standard InChI is InChI=1S/C36H38BrN3O5S/c1-46(43,44)40(31-19-21-33(22-20-31)45-32-17-6-3-7-18-32)26-35(41)39(25-28-13-10-14-29(37)23-28)34(24-27-11-4-2-5-12-27)36(42)38-30-15-8-9-16-30/h2-7,10-14,17-23,30,34H,8-9,15-16,24-26H2,1H3,(H,38,42)/t34-/m1/s1. The quantitative estimate of drug-likeness (QED) is 0.167. The molecule has 0 saturated heterocycles. The molecule has 1 saturated carbocycles. The van der Waals surface area contributed by atoms with Crippen molar-refractivity contribution in [1.29, 1.82) is 0 Å². The molecule has 5 rings (SSSR count). The Kier molecular flexibility index (Phi) is 11.1. The van der Waals surface area contributed by atoms with E-state index in [1.54, 1.807) is 24.3 Å². The average molecular weight is 705 g/mol. The molecule has 0 bridgehead atoms. The van der Waals surface area contributed by atoms with Crippen molar-refractivity contribution in [1.82, 2.24) is 10.2 Å². The number of carbonyl (C=O) groups excluding carboxylic acids is 2. The van der Waals surface area contributed by atoms with Crippen LogP contribution in [0.4, 0.5) is 5.69 Å². The first-order valence-corrected chi connectivity index (χ1v) is 18.0. The molecular weight excluding hydrogens is 666 g/mol. The zero-order valence-corrected chi connectivity index (χ0v) is 28.1. The highest BCUT2D eigenvalue weighted by Crippen LogP contribution is 2.27. The molecule has 240 valence electrons. The second-order valence-corrected chi connectivity index (χ2v) is 14.3. The number of nitrogens with zero attached hydrogens (tertiary/aromatic N) is 2. The first-order valence-electron chi connectivity index (χ1n) is 15.3. The van der Waals surface area contributed by atoms with Crippen molar-refractivity contribution < 1.29 is 22.7 Å². The van der Waals surface area contributed by atoms with Crippen molar-refractivity contribution in [2.45, 2.75) is 50.7 Å². The van der Waals surface area contributed by atoms with E-state index < -0.39 is 28.5 Å². The zero-order chi connectivity index (χ0) is 32.5. The van der Waals surface area contributed by atoms with Gasteiger partial charge in [-0.2, -0.15) is 0 Å². The molecule has 0 spiro atoms. The maximum absolute atomic E-state index is 14.3. The van der Waals surface area contributed by atoms with Crippen LogP contribution in [0.1, 0.15) is 36.8 Å². The smallest absolute Gasteiger partial charge is 0.244 e. The summed E-state index contributed by atoms with van der Waals surface area (Å²) in [5.74, 6) is 0.441. The third-order valence-electron chi connectivity index (χ3n) is 8.00. The third-order valence-corrected chi connectivity index (χ3v) is 9.63. The number of hydrogen-bond acceptors (Lipinski definition) is 5. The third kappa shape index (κ3) is 9.20. The Morgan fingerprint density at radius 1 is 0.848 bits per heavy atom. The summed E-state index contributed by atoms with van der Waals surface area (Å²) in [4.78, 5) is 29.9. The fourth-order valence-electron chi connectivity index (χ4n) is 5.67. The summed E-state index contributed by atoms with van der Waals surface area (Å²) < 4.78 is 34.0. The Balaban J connectivity index is 1.46. The van der Waals surface area contributed by atoms with Crippen molar-refractivity contribution >= 4 is 43.5 Å². The summed E-state index contributed by atoms with van der Waals surface area (Å²) in [5, 5.41) is 3.19. The lowest BCUT2D eigenvalue weighted by atomic mass is 10.0. The molecule has 1 aliphatic rings. The van der Waals surface area contributed by atoms with Crippen molar-refractivity contribution in [2.24, 2.45) is 0 Å². The van der Waals surface area contributed by atoms with E-state index in [9.17, 15) is 18.0 Å². The molecule has 1 N–H and O–H groups in total. The van der Waals surface area contributed by atoms with E-state index in [0.29, 0.717) is 17.2 Å². The number of sulfonamides is 1. The number of amides is 2. The SMILES string of the molecule is CS(=O)(=O)N(CC(=O)N(Cc1cccc(Br)c1)[C@H](Cc1ccccc1)C(=O)NC1CCCC1)c1ccc(Oc2ccccc2)cc1. The zero-order valence-electron chi connectivity index (χ0n) is 25.7. The van der Waals surface area contributed by atoms with Gasteiger partial charge in [0, 0.05) is 23.5 Å². The van der Waals surface area contributed by atoms with E-state index in [4.69, 9.17) is 4.74 Å². The molecule has 0 radical (unpaired) electrons. The van der Waals surface area contributed by atoms with E-state index in [1.807, 2.05) is 84.9 Å². The van der Waals surface area contributed by atoms with Crippen LogP contribution in [0, 0.1) is 0 Å². The van der Waals surface area contributed by atoms with Crippen LogP contribution >= 0.6 is 15.9 Å². The highest BCUT2D eigenvalue weighted by atomic mass is 79.9. The van der Waals surface area contributed by atoms with Gasteiger partial charge in [-0.25, -0.2) is 8.42 Å². The summed E-state index contributed by atoms with van der Waals surface area (Å²) in [6, 6.07) is 32.1. The molecule has 10 heteroatoms. The molecule has 0 heterocycles. The predicted octanol–water partition coefficient (Wildman–Crippen LogP) is 6.71. The van der Waals surface area contributed by atoms with Gasteiger partial charge in [-0.15, -0.1) is 0 Å². The van der Waals surface area contributed by atoms with E-state index in [-0.39, 0.29) is 24.9 Å². The summed E-state index contributed by atoms with van der Waals surface area (Å²) in [5.41, 5.74) is 2.02. The number of nitrogens with one attached hydrogen (secondary N) is 1. The van der Waals surface area contributed by atoms with E-state index in [0.717, 1.165) is 51.8 Å². The summed E-state index contributed by atoms with van der Waals surface area (Å²) in [6.07, 6.45) is 5.25. The Morgan fingerprint density at radius 2 is 1.46 bits per heavy atom. The number of halogens is 1. The van der Waals surface area contributed by atoms with Gasteiger partial charge in [-0.1, -0.05) is 89.4 Å². The van der Waals surface area contributed by atoms with Crippen LogP contribution < -0.4 is 14.4 Å². The summed E-state index contributed by atoms with van der Waals surface area (Å²) in [6.45, 7) is -0.358. The van der Waals surface area contributed by atoms with Crippen LogP contribution in [0.25, 0.3) is 0 Å². The number of carbonyl (C=O) groups is 2. The van der Waals surface area contributed by atoms with Crippen LogP contribution in [0.15, 0.2) is 114 Å². The molecule has 2 amide bonds. The van der Waals surface area contributed by atoms with Crippen molar-refractivity contribution in [3.8, 4) is 11.5 Å². The average Bonchev–Trinajstić information content (AvgIpc) is 3.55. The van der Waals surface area contributed by atoms with Crippen molar-refractivity contribution in [3.63, 3.8) is 0 Å². The van der Waals surface area contributed by atoms with Crippen LogP contribution in [0.5, 0.6) is 11.5 Å². The minimum Gasteiger partial charge on any atom is -0.457 e. The topological polar surface area (TPSA) is 96.0 Å². The Bertz CT molecular complexity index is 1710. The van der Waals surface area contributed by atoms with E-state index in [2.05, 4.69) is 21.2 Å². The largest absolute Gasteiger partial charge is 0.457 e. The number of benzene rings is 4. The van der Waals surface area contributed by atoms with Crippen LogP contribution in [0.2, 0.25) is 0 Å². The number of hydrogen-bond donors (Lipinski definition) is 1. The van der Waals surface area contributed by atoms with Gasteiger partial charge >= 0.3 is 0 Å². The van der Waals surface area contributed by atoms with E-state index in [1.165, 1.54) is 4.90 Å². The lowest BCUT2D eigenvalue weighted by molar-refractivity contribution is -0.140. The Labute approximate surface area is 279 Å². The Morgan fingerprint density at radius 3 is 2.09 bits per heavy atom. The number of anilines is 1. The molecule has 4 aromatic rings. The van der Waals surface area contributed by atoms with Gasteiger partial charge in [0.05, 0.1) is 11.9 Å². The maximum atomic E-state index is 14.3. The fourth-order valence-corrected chi connectivity index (χ4v) is 6.97. The molecule has 0 unspecified atom stereocenters. The fraction of sp³-hybridized carbons (Fsp3) is 0.278. The minimum atomic E-state index is -3.88. The highest BCUT2D eigenvalue weighted by molar-refractivity contribution is 9.10. The van der Waals surface area contributed by atoms with Crippen LogP contribution in [-0.4, -0.2) is 50.0 Å². The van der Waals surface area contributed by atoms with Crippen molar-refractivity contribution in [2.75, 3.05) is 17.1 Å². The van der Waals surface area contributed by atoms with Gasteiger partial charge in [0.2, 0.25) is 21.8 Å². The molecule has 0 aliphatic heterocycles. The minimum absolute atomic E-state index is 0.0535. The molecule has 1 atom stereocenters. The van der Waals surface area contributed by atoms with Crippen LogP contribution in [-0.2, 0) is 32.6 Å². The molecule has 8 nitrogen and oxygen atoms in total. The molecular formula is C36H38BrN3O5S. The lowest BCUT2D eigenvalue weighted by Gasteiger charge is -2.34. The van der Waals surface area contributed by atoms with Gasteiger partial charge < -0.3 is 15.0 Å². The summed E-state index contributed by atoms with van der Waals surface area (Å²) in [7, 11) is -3.88. The normalized spacial score (nSPS) is 14.0. The predicted molar refractivity (Wildman–Crippen MR) is 184 cm³/mol. The van der Waals surface area contributed by atoms with E-state index >= 15 is 0 Å². The number of para-hydroxylation sites is 1. The van der Waals surface area contributed by atoms with Crippen LogP contribution in [0.3, 0.4) is 0 Å². The number of ether oxygens (including phenoxy) is 1. The van der Waals surface area contributed by atoms with Gasteiger partial charge in [-0.05, 0) is 72.5 Å². The summed E-state index contributed by atoms with van der Waals surface area (Å²) >= 11 is 3.51. The van der Waals surface area contributed by atoms with Gasteiger partial charge in [0.25, 0.3) is 0 Å². The monoisotopic (exact) mass is 703 g/mol. The molecule has 46 heavy (non-hydrogen) atoms. The lowest BCUT2D eigenvalue weighted by Crippen LogP contribution is -2.54.